The van der Waals surface area contributed by atoms with Gasteiger partial charge in [0, 0.05) is 4.90 Å². The third-order valence-corrected chi connectivity index (χ3v) is 8.20. The Bertz CT molecular complexity index is 1240. The predicted octanol–water partition coefficient (Wildman–Crippen LogP) is 5.44. The van der Waals surface area contributed by atoms with Gasteiger partial charge in [0.25, 0.3) is 0 Å². The van der Waals surface area contributed by atoms with Gasteiger partial charge in [-0.05, 0) is 28.8 Å². The first kappa shape index (κ1) is 24.3. The molecule has 3 atom stereocenters. The molecule has 4 nitrogen and oxygen atoms in total. The summed E-state index contributed by atoms with van der Waals surface area (Å²) < 4.78 is 41.8. The molecule has 1 aliphatic heterocycles. The molecule has 182 valence electrons. The van der Waals surface area contributed by atoms with Gasteiger partial charge in [0.15, 0.2) is 5.78 Å². The summed E-state index contributed by atoms with van der Waals surface area (Å²) in [6.45, 7) is -0.877. The van der Waals surface area contributed by atoms with E-state index in [9.17, 15) is 9.00 Å². The van der Waals surface area contributed by atoms with Gasteiger partial charge in [-0.1, -0.05) is 109 Å². The second kappa shape index (κ2) is 10.3. The molecule has 1 fully saturated rings. The maximum absolute atomic E-state index is 15.6. The quantitative estimate of drug-likeness (QED) is 0.303. The van der Waals surface area contributed by atoms with Gasteiger partial charge in [-0.3, -0.25) is 9.00 Å². The lowest BCUT2D eigenvalue weighted by Gasteiger charge is -2.39. The molecular formula is C30H25FO4S. The maximum atomic E-state index is 15.6. The largest absolute Gasteiger partial charge is 0.357 e. The zero-order valence-corrected chi connectivity index (χ0v) is 20.3. The van der Waals surface area contributed by atoms with Crippen molar-refractivity contribution in [1.82, 2.24) is 0 Å². The summed E-state index contributed by atoms with van der Waals surface area (Å²) in [7, 11) is -2.02. The standard InChI is InChI=1S/C30H25FO4S/c31-28-27(32)21-34-29(28,36(33)26-19-11-4-12-20-26)22-35-30(23-13-5-1-6-14-23,24-15-7-2-8-16-24)25-17-9-3-10-18-25/h1-20,28H,21-22H2. The Morgan fingerprint density at radius 2 is 1.19 bits per heavy atom. The van der Waals surface area contributed by atoms with Crippen molar-refractivity contribution in [2.75, 3.05) is 13.2 Å². The van der Waals surface area contributed by atoms with Crippen molar-refractivity contribution < 1.29 is 22.9 Å². The fraction of sp³-hybridized carbons (Fsp3) is 0.167. The molecule has 4 aromatic carbocycles. The van der Waals surface area contributed by atoms with E-state index >= 15 is 4.39 Å². The van der Waals surface area contributed by atoms with Crippen molar-refractivity contribution in [1.29, 1.82) is 0 Å². The first-order valence-electron chi connectivity index (χ1n) is 11.7. The van der Waals surface area contributed by atoms with Crippen LogP contribution in [0, 0.1) is 0 Å². The summed E-state index contributed by atoms with van der Waals surface area (Å²) >= 11 is 0. The lowest BCUT2D eigenvalue weighted by atomic mass is 9.80. The van der Waals surface area contributed by atoms with E-state index in [2.05, 4.69) is 0 Å². The van der Waals surface area contributed by atoms with E-state index in [-0.39, 0.29) is 0 Å². The van der Waals surface area contributed by atoms with E-state index in [0.717, 1.165) is 16.7 Å². The summed E-state index contributed by atoms with van der Waals surface area (Å²) in [4.78, 5) is 10.7. The van der Waals surface area contributed by atoms with E-state index in [0.29, 0.717) is 4.90 Å². The summed E-state index contributed by atoms with van der Waals surface area (Å²) in [6, 6.07) is 37.3. The van der Waals surface area contributed by atoms with Crippen LogP contribution in [0.5, 0.6) is 0 Å². The van der Waals surface area contributed by atoms with Gasteiger partial charge in [-0.25, -0.2) is 4.39 Å². The molecule has 4 aromatic rings. The fourth-order valence-corrected chi connectivity index (χ4v) is 6.08. The van der Waals surface area contributed by atoms with Gasteiger partial charge >= 0.3 is 0 Å². The van der Waals surface area contributed by atoms with Gasteiger partial charge in [0.05, 0.1) is 17.4 Å². The van der Waals surface area contributed by atoms with Crippen molar-refractivity contribution in [3.8, 4) is 0 Å². The highest BCUT2D eigenvalue weighted by Gasteiger charge is 2.57. The van der Waals surface area contributed by atoms with E-state index in [1.165, 1.54) is 0 Å². The third-order valence-electron chi connectivity index (χ3n) is 6.43. The minimum atomic E-state index is -2.10. The van der Waals surface area contributed by atoms with Gasteiger partial charge in [-0.2, -0.15) is 0 Å². The van der Waals surface area contributed by atoms with Crippen molar-refractivity contribution in [2.45, 2.75) is 21.6 Å². The van der Waals surface area contributed by atoms with Crippen LogP contribution in [0.1, 0.15) is 16.7 Å². The predicted molar refractivity (Wildman–Crippen MR) is 137 cm³/mol. The van der Waals surface area contributed by atoms with Crippen LogP contribution in [0.25, 0.3) is 0 Å². The molecular weight excluding hydrogens is 475 g/mol. The number of halogens is 1. The number of rotatable bonds is 8. The molecule has 0 aliphatic carbocycles. The SMILES string of the molecule is O=C1COC(COC(c2ccccc2)(c2ccccc2)c2ccccc2)(S(=O)c2ccccc2)C1F. The summed E-state index contributed by atoms with van der Waals surface area (Å²) in [6.07, 6.45) is -2.10. The summed E-state index contributed by atoms with van der Waals surface area (Å²) in [5.41, 5.74) is 1.25. The molecule has 0 radical (unpaired) electrons. The Morgan fingerprint density at radius 1 is 0.778 bits per heavy atom. The minimum Gasteiger partial charge on any atom is -0.357 e. The van der Waals surface area contributed by atoms with Crippen molar-refractivity contribution in [3.63, 3.8) is 0 Å². The average molecular weight is 501 g/mol. The first-order chi connectivity index (χ1) is 17.6. The minimum absolute atomic E-state index is 0.364. The molecule has 36 heavy (non-hydrogen) atoms. The van der Waals surface area contributed by atoms with Crippen LogP contribution in [-0.2, 0) is 30.7 Å². The highest BCUT2D eigenvalue weighted by molar-refractivity contribution is 7.86. The zero-order valence-electron chi connectivity index (χ0n) is 19.5. The first-order valence-corrected chi connectivity index (χ1v) is 12.8. The Kier molecular flexibility index (Phi) is 6.92. The van der Waals surface area contributed by atoms with Crippen LogP contribution < -0.4 is 0 Å². The monoisotopic (exact) mass is 500 g/mol. The van der Waals surface area contributed by atoms with Gasteiger partial charge in [-0.15, -0.1) is 0 Å². The van der Waals surface area contributed by atoms with Gasteiger partial charge < -0.3 is 9.47 Å². The van der Waals surface area contributed by atoms with E-state index < -0.39 is 46.5 Å². The molecule has 0 N–H and O–H groups in total. The van der Waals surface area contributed by atoms with Crippen molar-refractivity contribution in [2.24, 2.45) is 0 Å². The second-order valence-corrected chi connectivity index (χ2v) is 10.3. The molecule has 3 unspecified atom stereocenters. The molecule has 0 spiro atoms. The average Bonchev–Trinajstić information content (AvgIpc) is 3.25. The normalized spacial score (nSPS) is 20.8. The number of ketones is 1. The van der Waals surface area contributed by atoms with Gasteiger partial charge in [0.1, 0.15) is 12.2 Å². The molecule has 6 heteroatoms. The summed E-state index contributed by atoms with van der Waals surface area (Å²) in [5, 5.41) is 0. The molecule has 0 aromatic heterocycles. The van der Waals surface area contributed by atoms with E-state index in [4.69, 9.17) is 9.47 Å². The van der Waals surface area contributed by atoms with Gasteiger partial charge in [0.2, 0.25) is 11.1 Å². The molecule has 0 amide bonds. The number of ether oxygens (including phenoxy) is 2. The number of hydrogen-bond donors (Lipinski definition) is 0. The van der Waals surface area contributed by atoms with E-state index in [1.54, 1.807) is 30.3 Å². The highest BCUT2D eigenvalue weighted by Crippen LogP contribution is 2.43. The Balaban J connectivity index is 1.66. The second-order valence-electron chi connectivity index (χ2n) is 8.58. The van der Waals surface area contributed by atoms with Crippen LogP contribution in [0.3, 0.4) is 0 Å². The third kappa shape index (κ3) is 4.22. The molecule has 1 aliphatic rings. The lowest BCUT2D eigenvalue weighted by Crippen LogP contribution is -2.50. The molecule has 0 bridgehead atoms. The van der Waals surface area contributed by atoms with Crippen molar-refractivity contribution in [3.05, 3.63) is 138 Å². The number of carbonyl (C=O) groups excluding carboxylic acids is 1. The number of alkyl halides is 1. The van der Waals surface area contributed by atoms with Crippen LogP contribution in [-0.4, -0.2) is 34.3 Å². The number of hydrogen-bond acceptors (Lipinski definition) is 4. The van der Waals surface area contributed by atoms with Crippen LogP contribution in [0.15, 0.2) is 126 Å². The lowest BCUT2D eigenvalue weighted by molar-refractivity contribution is -0.121. The molecule has 1 heterocycles. The Hall–Kier alpha value is -3.45. The fourth-order valence-electron chi connectivity index (χ4n) is 4.62. The molecule has 5 rings (SSSR count). The van der Waals surface area contributed by atoms with E-state index in [1.807, 2.05) is 91.0 Å². The Labute approximate surface area is 212 Å². The highest BCUT2D eigenvalue weighted by atomic mass is 32.2. The van der Waals surface area contributed by atoms with Crippen LogP contribution in [0.4, 0.5) is 4.39 Å². The van der Waals surface area contributed by atoms with Crippen LogP contribution in [0.2, 0.25) is 0 Å². The van der Waals surface area contributed by atoms with Crippen molar-refractivity contribution >= 4 is 16.6 Å². The Morgan fingerprint density at radius 3 is 1.58 bits per heavy atom. The smallest absolute Gasteiger partial charge is 0.209 e. The number of benzene rings is 4. The number of carbonyl (C=O) groups is 1. The topological polar surface area (TPSA) is 52.6 Å². The summed E-state index contributed by atoms with van der Waals surface area (Å²) in [5.74, 6) is -0.743. The zero-order chi connectivity index (χ0) is 25.0. The number of Topliss-reactive ketones (excluding diaryl/α,β-unsaturated/α-hetero) is 1. The molecule has 0 saturated carbocycles. The van der Waals surface area contributed by atoms with Crippen LogP contribution >= 0.6 is 0 Å². The maximum Gasteiger partial charge on any atom is 0.209 e. The molecule has 1 saturated heterocycles.